The molecule has 0 bridgehead atoms. The van der Waals surface area contributed by atoms with Gasteiger partial charge in [-0.15, -0.1) is 0 Å². The van der Waals surface area contributed by atoms with Crippen molar-refractivity contribution < 1.29 is 0 Å². The second kappa shape index (κ2) is 5.21. The molecule has 0 spiro atoms. The van der Waals surface area contributed by atoms with Crippen molar-refractivity contribution in [1.29, 1.82) is 0 Å². The molecule has 1 heterocycles. The molecule has 0 aliphatic carbocycles. The minimum atomic E-state index is 1.03. The highest BCUT2D eigenvalue weighted by molar-refractivity contribution is 5.67. The van der Waals surface area contributed by atoms with Gasteiger partial charge in [0.1, 0.15) is 0 Å². The summed E-state index contributed by atoms with van der Waals surface area (Å²) in [5.74, 6) is 0. The van der Waals surface area contributed by atoms with Crippen molar-refractivity contribution in [3.8, 4) is 16.8 Å². The summed E-state index contributed by atoms with van der Waals surface area (Å²) in [6, 6.07) is 15.2. The molecule has 3 rings (SSSR count). The van der Waals surface area contributed by atoms with E-state index in [1.165, 1.54) is 27.8 Å². The lowest BCUT2D eigenvalue weighted by Gasteiger charge is -2.10. The molecule has 0 fully saturated rings. The van der Waals surface area contributed by atoms with Crippen LogP contribution in [0.4, 0.5) is 0 Å². The first kappa shape index (κ1) is 13.6. The van der Waals surface area contributed by atoms with Crippen molar-refractivity contribution >= 4 is 0 Å². The smallest absolute Gasteiger partial charge is 0.0675 e. The van der Waals surface area contributed by atoms with E-state index in [0.29, 0.717) is 0 Å². The van der Waals surface area contributed by atoms with Crippen molar-refractivity contribution in [2.45, 2.75) is 27.7 Å². The van der Waals surface area contributed by atoms with E-state index < -0.39 is 0 Å². The molecular formula is C19H20N2. The van der Waals surface area contributed by atoms with Crippen molar-refractivity contribution in [2.24, 2.45) is 0 Å². The van der Waals surface area contributed by atoms with Crippen molar-refractivity contribution in [3.05, 3.63) is 71.0 Å². The van der Waals surface area contributed by atoms with Gasteiger partial charge in [-0.25, -0.2) is 4.68 Å². The average Bonchev–Trinajstić information content (AvgIpc) is 2.88. The first-order valence-corrected chi connectivity index (χ1v) is 7.25. The lowest BCUT2D eigenvalue weighted by Crippen LogP contribution is -1.98. The molecule has 21 heavy (non-hydrogen) atoms. The first-order chi connectivity index (χ1) is 10.0. The lowest BCUT2D eigenvalue weighted by atomic mass is 9.99. The molecule has 2 nitrogen and oxygen atoms in total. The molecule has 3 aromatic rings. The van der Waals surface area contributed by atoms with E-state index in [0.717, 1.165) is 11.4 Å². The fourth-order valence-electron chi connectivity index (χ4n) is 2.56. The van der Waals surface area contributed by atoms with Crippen LogP contribution >= 0.6 is 0 Å². The van der Waals surface area contributed by atoms with Crippen LogP contribution in [0, 0.1) is 27.7 Å². The second-order valence-electron chi connectivity index (χ2n) is 5.70. The monoisotopic (exact) mass is 276 g/mol. The van der Waals surface area contributed by atoms with Crippen LogP contribution in [-0.2, 0) is 0 Å². The van der Waals surface area contributed by atoms with Gasteiger partial charge in [-0.05, 0) is 73.7 Å². The standard InChI is InChI=1S/C19H20N2/c1-13-5-6-17(11-14(13)2)18-7-8-19(15(3)12-18)21-10-9-16(4)20-21/h5-12H,1-4H3. The van der Waals surface area contributed by atoms with Crippen molar-refractivity contribution in [1.82, 2.24) is 9.78 Å². The van der Waals surface area contributed by atoms with Gasteiger partial charge in [-0.2, -0.15) is 5.10 Å². The maximum atomic E-state index is 4.49. The van der Waals surface area contributed by atoms with Crippen LogP contribution in [0.15, 0.2) is 48.7 Å². The van der Waals surface area contributed by atoms with Crippen LogP contribution in [0.5, 0.6) is 0 Å². The highest BCUT2D eigenvalue weighted by Gasteiger charge is 2.06. The molecule has 0 atom stereocenters. The molecule has 0 amide bonds. The van der Waals surface area contributed by atoms with Gasteiger partial charge in [-0.1, -0.05) is 24.3 Å². The first-order valence-electron chi connectivity index (χ1n) is 7.25. The molecular weight excluding hydrogens is 256 g/mol. The summed E-state index contributed by atoms with van der Waals surface area (Å²) in [6.07, 6.45) is 2.01. The van der Waals surface area contributed by atoms with Crippen LogP contribution in [0.1, 0.15) is 22.4 Å². The summed E-state index contributed by atoms with van der Waals surface area (Å²) in [7, 11) is 0. The second-order valence-corrected chi connectivity index (χ2v) is 5.70. The number of hydrogen-bond acceptors (Lipinski definition) is 1. The largest absolute Gasteiger partial charge is 0.240 e. The molecule has 0 aliphatic rings. The Bertz CT molecular complexity index is 797. The molecule has 2 heteroatoms. The van der Waals surface area contributed by atoms with Crippen LogP contribution in [-0.4, -0.2) is 9.78 Å². The zero-order chi connectivity index (χ0) is 15.0. The predicted molar refractivity (Wildman–Crippen MR) is 87.9 cm³/mol. The summed E-state index contributed by atoms with van der Waals surface area (Å²) in [6.45, 7) is 8.45. The van der Waals surface area contributed by atoms with E-state index >= 15 is 0 Å². The Morgan fingerprint density at radius 1 is 0.714 bits per heavy atom. The van der Waals surface area contributed by atoms with E-state index in [1.54, 1.807) is 0 Å². The number of hydrogen-bond donors (Lipinski definition) is 0. The summed E-state index contributed by atoms with van der Waals surface area (Å²) in [5.41, 5.74) is 8.58. The molecule has 106 valence electrons. The maximum absolute atomic E-state index is 4.49. The van der Waals surface area contributed by atoms with Gasteiger partial charge in [0.25, 0.3) is 0 Å². The highest BCUT2D eigenvalue weighted by Crippen LogP contribution is 2.25. The molecule has 0 saturated carbocycles. The van der Waals surface area contributed by atoms with Gasteiger partial charge in [0.05, 0.1) is 11.4 Å². The average molecular weight is 276 g/mol. The van der Waals surface area contributed by atoms with Gasteiger partial charge < -0.3 is 0 Å². The molecule has 0 unspecified atom stereocenters. The molecule has 0 N–H and O–H groups in total. The van der Waals surface area contributed by atoms with Gasteiger partial charge in [0, 0.05) is 6.20 Å². The van der Waals surface area contributed by atoms with Crippen LogP contribution in [0.2, 0.25) is 0 Å². The van der Waals surface area contributed by atoms with Crippen molar-refractivity contribution in [3.63, 3.8) is 0 Å². The van der Waals surface area contributed by atoms with E-state index in [9.17, 15) is 0 Å². The quantitative estimate of drug-likeness (QED) is 0.659. The third-order valence-electron chi connectivity index (χ3n) is 4.01. The highest BCUT2D eigenvalue weighted by atomic mass is 15.3. The normalized spacial score (nSPS) is 10.9. The Labute approximate surface area is 126 Å². The summed E-state index contributed by atoms with van der Waals surface area (Å²) >= 11 is 0. The molecule has 0 aliphatic heterocycles. The zero-order valence-electron chi connectivity index (χ0n) is 13.0. The minimum absolute atomic E-state index is 1.03. The Balaban J connectivity index is 2.03. The Kier molecular flexibility index (Phi) is 3.38. The molecule has 0 saturated heterocycles. The van der Waals surface area contributed by atoms with E-state index in [2.05, 4.69) is 62.3 Å². The minimum Gasteiger partial charge on any atom is -0.240 e. The molecule has 0 radical (unpaired) electrons. The Morgan fingerprint density at radius 3 is 1.95 bits per heavy atom. The Morgan fingerprint density at radius 2 is 1.38 bits per heavy atom. The van der Waals surface area contributed by atoms with Crippen LogP contribution < -0.4 is 0 Å². The van der Waals surface area contributed by atoms with Crippen molar-refractivity contribution in [2.75, 3.05) is 0 Å². The molecule has 2 aromatic carbocycles. The van der Waals surface area contributed by atoms with Gasteiger partial charge in [-0.3, -0.25) is 0 Å². The van der Waals surface area contributed by atoms with Crippen LogP contribution in [0.25, 0.3) is 16.8 Å². The number of nitrogens with zero attached hydrogens (tertiary/aromatic N) is 2. The van der Waals surface area contributed by atoms with Gasteiger partial charge in [0.2, 0.25) is 0 Å². The number of rotatable bonds is 2. The topological polar surface area (TPSA) is 17.8 Å². The van der Waals surface area contributed by atoms with Crippen LogP contribution in [0.3, 0.4) is 0 Å². The number of aryl methyl sites for hydroxylation is 4. The number of benzene rings is 2. The van der Waals surface area contributed by atoms with E-state index in [1.807, 2.05) is 23.9 Å². The lowest BCUT2D eigenvalue weighted by molar-refractivity contribution is 0.856. The summed E-state index contributed by atoms with van der Waals surface area (Å²) in [4.78, 5) is 0. The third kappa shape index (κ3) is 2.62. The maximum Gasteiger partial charge on any atom is 0.0675 e. The zero-order valence-corrected chi connectivity index (χ0v) is 13.0. The van der Waals surface area contributed by atoms with E-state index in [4.69, 9.17) is 0 Å². The van der Waals surface area contributed by atoms with Gasteiger partial charge >= 0.3 is 0 Å². The number of aromatic nitrogens is 2. The molecule has 1 aromatic heterocycles. The summed E-state index contributed by atoms with van der Waals surface area (Å²) < 4.78 is 1.94. The summed E-state index contributed by atoms with van der Waals surface area (Å²) in [5, 5.41) is 4.49. The van der Waals surface area contributed by atoms with E-state index in [-0.39, 0.29) is 0 Å². The SMILES string of the molecule is Cc1ccn(-c2ccc(-c3ccc(C)c(C)c3)cc2C)n1. The Hall–Kier alpha value is -2.35. The van der Waals surface area contributed by atoms with Gasteiger partial charge in [0.15, 0.2) is 0 Å². The third-order valence-corrected chi connectivity index (χ3v) is 4.01. The fourth-order valence-corrected chi connectivity index (χ4v) is 2.56. The predicted octanol–water partition coefficient (Wildman–Crippen LogP) is 4.77. The fraction of sp³-hybridized carbons (Fsp3) is 0.211.